The summed E-state index contributed by atoms with van der Waals surface area (Å²) < 4.78 is 1.60. The Kier molecular flexibility index (Phi) is 3.19. The first-order chi connectivity index (χ1) is 10.1. The highest BCUT2D eigenvalue weighted by Crippen LogP contribution is 2.15. The quantitative estimate of drug-likeness (QED) is 0.758. The maximum absolute atomic E-state index is 10.8. The van der Waals surface area contributed by atoms with Gasteiger partial charge in [-0.05, 0) is 28.1 Å². The molecular weight excluding hydrogens is 272 g/mol. The zero-order chi connectivity index (χ0) is 14.8. The second-order valence-corrected chi connectivity index (χ2v) is 4.57. The Bertz CT molecular complexity index is 783. The van der Waals surface area contributed by atoms with Gasteiger partial charge >= 0.3 is 5.97 Å². The first kappa shape index (κ1) is 13.0. The van der Waals surface area contributed by atoms with Crippen molar-refractivity contribution in [3.05, 3.63) is 47.8 Å². The third-order valence-corrected chi connectivity index (χ3v) is 3.10. The normalized spacial score (nSPS) is 10.7. The number of rotatable bonds is 4. The number of anilines is 1. The Morgan fingerprint density at radius 3 is 2.76 bits per heavy atom. The molecule has 8 nitrogen and oxygen atoms in total. The highest BCUT2D eigenvalue weighted by atomic mass is 16.4. The van der Waals surface area contributed by atoms with Crippen LogP contribution in [0.4, 0.5) is 5.82 Å². The van der Waals surface area contributed by atoms with Crippen molar-refractivity contribution in [2.24, 2.45) is 0 Å². The van der Waals surface area contributed by atoms with Gasteiger partial charge in [0.2, 0.25) is 0 Å². The molecule has 1 N–H and O–H groups in total. The Morgan fingerprint density at radius 1 is 1.29 bits per heavy atom. The molecule has 0 fully saturated rings. The smallest absolute Gasteiger partial charge is 0.335 e. The number of fused-ring (bicyclic) bond motifs is 1. The predicted octanol–water partition coefficient (Wildman–Crippen LogP) is 0.854. The van der Waals surface area contributed by atoms with E-state index in [0.717, 1.165) is 11.4 Å². The van der Waals surface area contributed by atoms with Crippen molar-refractivity contribution in [3.63, 3.8) is 0 Å². The van der Waals surface area contributed by atoms with E-state index in [0.29, 0.717) is 12.2 Å². The largest absolute Gasteiger partial charge is 0.478 e. The third-order valence-electron chi connectivity index (χ3n) is 3.10. The van der Waals surface area contributed by atoms with Crippen LogP contribution in [0.15, 0.2) is 36.7 Å². The van der Waals surface area contributed by atoms with E-state index >= 15 is 0 Å². The summed E-state index contributed by atoms with van der Waals surface area (Å²) in [4.78, 5) is 16.9. The van der Waals surface area contributed by atoms with Gasteiger partial charge in [0.05, 0.1) is 18.0 Å². The summed E-state index contributed by atoms with van der Waals surface area (Å²) >= 11 is 0. The number of aromatic carboxylic acids is 1. The lowest BCUT2D eigenvalue weighted by Crippen LogP contribution is -2.20. The maximum atomic E-state index is 10.8. The Morgan fingerprint density at radius 2 is 2.05 bits per heavy atom. The number of nitrogens with zero attached hydrogens (tertiary/aromatic N) is 6. The first-order valence-electron chi connectivity index (χ1n) is 6.20. The number of hydrogen-bond acceptors (Lipinski definition) is 6. The standard InChI is InChI=1S/C13H12N6O2/c1-18(8-9-2-4-10(5-3-9)13(20)21)12-7-14-6-11-15-16-17-19(11)12/h2-7H,8H2,1H3,(H,20,21). The monoisotopic (exact) mass is 284 g/mol. The zero-order valence-corrected chi connectivity index (χ0v) is 11.2. The molecule has 21 heavy (non-hydrogen) atoms. The molecule has 3 rings (SSSR count). The van der Waals surface area contributed by atoms with Gasteiger partial charge in [-0.3, -0.25) is 4.98 Å². The summed E-state index contributed by atoms with van der Waals surface area (Å²) in [5.74, 6) is -0.183. The number of tetrazole rings is 1. The minimum Gasteiger partial charge on any atom is -0.478 e. The molecule has 0 spiro atoms. The average Bonchev–Trinajstić information content (AvgIpc) is 2.96. The molecule has 106 valence electrons. The van der Waals surface area contributed by atoms with Gasteiger partial charge in [0.1, 0.15) is 0 Å². The van der Waals surface area contributed by atoms with Crippen LogP contribution in [0.2, 0.25) is 0 Å². The third kappa shape index (κ3) is 2.50. The number of carboxylic acids is 1. The van der Waals surface area contributed by atoms with E-state index in [-0.39, 0.29) is 5.56 Å². The van der Waals surface area contributed by atoms with Crippen LogP contribution in [0.1, 0.15) is 15.9 Å². The van der Waals surface area contributed by atoms with Gasteiger partial charge in [-0.2, -0.15) is 4.52 Å². The number of carboxylic acid groups (broad SMARTS) is 1. The van der Waals surface area contributed by atoms with Crippen LogP contribution < -0.4 is 4.90 Å². The Labute approximate surface area is 119 Å². The van der Waals surface area contributed by atoms with Crippen LogP contribution in [-0.4, -0.2) is 43.1 Å². The van der Waals surface area contributed by atoms with Gasteiger partial charge < -0.3 is 10.0 Å². The van der Waals surface area contributed by atoms with Crippen molar-refractivity contribution >= 4 is 17.4 Å². The highest BCUT2D eigenvalue weighted by molar-refractivity contribution is 5.87. The molecule has 1 aromatic carbocycles. The van der Waals surface area contributed by atoms with Crippen molar-refractivity contribution in [1.29, 1.82) is 0 Å². The molecule has 2 heterocycles. The second kappa shape index (κ2) is 5.16. The molecule has 0 saturated carbocycles. The van der Waals surface area contributed by atoms with Crippen molar-refractivity contribution in [1.82, 2.24) is 25.0 Å². The van der Waals surface area contributed by atoms with E-state index in [1.165, 1.54) is 0 Å². The highest BCUT2D eigenvalue weighted by Gasteiger charge is 2.10. The minimum absolute atomic E-state index is 0.269. The zero-order valence-electron chi connectivity index (χ0n) is 11.2. The van der Waals surface area contributed by atoms with Crippen LogP contribution in [0.5, 0.6) is 0 Å². The Hall–Kier alpha value is -3.03. The number of hydrogen-bond donors (Lipinski definition) is 1. The molecule has 0 saturated heterocycles. The number of aromatic nitrogens is 5. The minimum atomic E-state index is -0.933. The van der Waals surface area contributed by atoms with Crippen LogP contribution in [-0.2, 0) is 6.54 Å². The molecule has 0 bridgehead atoms. The van der Waals surface area contributed by atoms with Gasteiger partial charge in [0.15, 0.2) is 11.5 Å². The molecule has 2 aromatic heterocycles. The van der Waals surface area contributed by atoms with Crippen LogP contribution in [0, 0.1) is 0 Å². The molecule has 0 unspecified atom stereocenters. The second-order valence-electron chi connectivity index (χ2n) is 4.57. The van der Waals surface area contributed by atoms with Crippen LogP contribution in [0.3, 0.4) is 0 Å². The van der Waals surface area contributed by atoms with E-state index in [2.05, 4.69) is 20.5 Å². The van der Waals surface area contributed by atoms with E-state index in [9.17, 15) is 4.79 Å². The lowest BCUT2D eigenvalue weighted by atomic mass is 10.1. The van der Waals surface area contributed by atoms with Crippen LogP contribution >= 0.6 is 0 Å². The van der Waals surface area contributed by atoms with Gasteiger partial charge in [-0.1, -0.05) is 12.1 Å². The lowest BCUT2D eigenvalue weighted by molar-refractivity contribution is 0.0697. The number of benzene rings is 1. The number of carbonyl (C=O) groups is 1. The summed E-state index contributed by atoms with van der Waals surface area (Å²) in [5, 5.41) is 20.3. The van der Waals surface area contributed by atoms with E-state index in [1.54, 1.807) is 41.2 Å². The van der Waals surface area contributed by atoms with Crippen molar-refractivity contribution in [2.75, 3.05) is 11.9 Å². The fourth-order valence-corrected chi connectivity index (χ4v) is 2.03. The summed E-state index contributed by atoms with van der Waals surface area (Å²) in [6.07, 6.45) is 3.26. The predicted molar refractivity (Wildman–Crippen MR) is 74.1 cm³/mol. The van der Waals surface area contributed by atoms with Gasteiger partial charge in [-0.15, -0.1) is 5.10 Å². The molecule has 0 aliphatic heterocycles. The molecule has 8 heteroatoms. The molecule has 0 radical (unpaired) electrons. The summed E-state index contributed by atoms with van der Waals surface area (Å²) in [6.45, 7) is 0.584. The van der Waals surface area contributed by atoms with E-state index in [4.69, 9.17) is 5.11 Å². The SMILES string of the molecule is CN(Cc1ccc(C(=O)O)cc1)c1cncc2nnnn12. The first-order valence-corrected chi connectivity index (χ1v) is 6.20. The van der Waals surface area contributed by atoms with Gasteiger partial charge in [0, 0.05) is 13.6 Å². The molecule has 0 aliphatic carbocycles. The fraction of sp³-hybridized carbons (Fsp3) is 0.154. The molecule has 0 atom stereocenters. The van der Waals surface area contributed by atoms with Gasteiger partial charge in [-0.25, -0.2) is 4.79 Å². The maximum Gasteiger partial charge on any atom is 0.335 e. The van der Waals surface area contributed by atoms with Crippen molar-refractivity contribution < 1.29 is 9.90 Å². The molecule has 3 aromatic rings. The summed E-state index contributed by atoms with van der Waals surface area (Å²) in [7, 11) is 1.89. The average molecular weight is 284 g/mol. The topological polar surface area (TPSA) is 96.5 Å². The Balaban J connectivity index is 1.84. The molecular formula is C13H12N6O2. The van der Waals surface area contributed by atoms with Crippen molar-refractivity contribution in [2.45, 2.75) is 6.54 Å². The molecule has 0 amide bonds. The van der Waals surface area contributed by atoms with Gasteiger partial charge in [0.25, 0.3) is 0 Å². The lowest BCUT2D eigenvalue weighted by Gasteiger charge is -2.19. The summed E-state index contributed by atoms with van der Waals surface area (Å²) in [6, 6.07) is 6.74. The van der Waals surface area contributed by atoms with E-state index in [1.807, 2.05) is 11.9 Å². The fourth-order valence-electron chi connectivity index (χ4n) is 2.03. The summed E-state index contributed by atoms with van der Waals surface area (Å²) in [5.41, 5.74) is 1.82. The van der Waals surface area contributed by atoms with Crippen LogP contribution in [0.25, 0.3) is 5.65 Å². The van der Waals surface area contributed by atoms with Crippen molar-refractivity contribution in [3.8, 4) is 0 Å². The van der Waals surface area contributed by atoms with E-state index < -0.39 is 5.97 Å². The molecule has 0 aliphatic rings.